The van der Waals surface area contributed by atoms with E-state index < -0.39 is 11.8 Å². The molecule has 1 heterocycles. The fourth-order valence-electron chi connectivity index (χ4n) is 2.85. The summed E-state index contributed by atoms with van der Waals surface area (Å²) in [6, 6.07) is 16.6. The molecule has 8 nitrogen and oxygen atoms in total. The Hall–Kier alpha value is -3.78. The highest BCUT2D eigenvalue weighted by Crippen LogP contribution is 2.15. The van der Waals surface area contributed by atoms with Gasteiger partial charge in [-0.15, -0.1) is 0 Å². The molecule has 2 aromatic carbocycles. The van der Waals surface area contributed by atoms with Gasteiger partial charge in [-0.3, -0.25) is 14.4 Å². The number of hydrogen-bond acceptors (Lipinski definition) is 5. The number of nitrogens with one attached hydrogen (secondary N) is 2. The van der Waals surface area contributed by atoms with Gasteiger partial charge >= 0.3 is 0 Å². The largest absolute Gasteiger partial charge is 0.497 e. The summed E-state index contributed by atoms with van der Waals surface area (Å²) < 4.78 is 10.4. The molecule has 166 valence electrons. The maximum Gasteiger partial charge on any atom is 0.254 e. The molecule has 0 unspecified atom stereocenters. The van der Waals surface area contributed by atoms with Gasteiger partial charge < -0.3 is 24.7 Å². The molecule has 3 aromatic rings. The predicted octanol–water partition coefficient (Wildman–Crippen LogP) is 3.34. The summed E-state index contributed by atoms with van der Waals surface area (Å²) >= 11 is 5.89. The minimum absolute atomic E-state index is 0.0971. The van der Waals surface area contributed by atoms with E-state index in [1.807, 2.05) is 0 Å². The zero-order chi connectivity index (χ0) is 22.9. The lowest BCUT2D eigenvalue weighted by atomic mass is 10.2. The van der Waals surface area contributed by atoms with Crippen LogP contribution >= 0.6 is 11.6 Å². The molecule has 0 spiro atoms. The highest BCUT2D eigenvalue weighted by Gasteiger charge is 2.20. The van der Waals surface area contributed by atoms with Crippen molar-refractivity contribution in [3.8, 4) is 5.75 Å². The van der Waals surface area contributed by atoms with Crippen LogP contribution in [0.3, 0.4) is 0 Å². The molecule has 3 rings (SSSR count). The molecular weight excluding hydrogens is 434 g/mol. The summed E-state index contributed by atoms with van der Waals surface area (Å²) in [6.07, 6.45) is 1.49. The normalized spacial score (nSPS) is 10.3. The minimum Gasteiger partial charge on any atom is -0.497 e. The van der Waals surface area contributed by atoms with Gasteiger partial charge in [0, 0.05) is 16.3 Å². The Kier molecular flexibility index (Phi) is 7.88. The van der Waals surface area contributed by atoms with E-state index in [2.05, 4.69) is 10.6 Å². The van der Waals surface area contributed by atoms with Crippen molar-refractivity contribution >= 4 is 35.0 Å². The molecule has 9 heteroatoms. The van der Waals surface area contributed by atoms with Crippen molar-refractivity contribution in [3.63, 3.8) is 0 Å². The third-order valence-electron chi connectivity index (χ3n) is 4.46. The van der Waals surface area contributed by atoms with E-state index in [0.717, 1.165) is 0 Å². The number of methoxy groups -OCH3 is 1. The number of carbonyl (C=O) groups is 3. The van der Waals surface area contributed by atoms with Gasteiger partial charge in [0.1, 0.15) is 18.1 Å². The minimum atomic E-state index is -0.483. The average molecular weight is 456 g/mol. The molecule has 0 aliphatic rings. The van der Waals surface area contributed by atoms with Crippen molar-refractivity contribution in [1.82, 2.24) is 10.2 Å². The number of ether oxygens (including phenoxy) is 1. The molecule has 2 N–H and O–H groups in total. The topological polar surface area (TPSA) is 101 Å². The monoisotopic (exact) mass is 455 g/mol. The Bertz CT molecular complexity index is 1050. The molecule has 0 saturated heterocycles. The number of hydrogen-bond donors (Lipinski definition) is 2. The number of nitrogens with zero attached hydrogens (tertiary/aromatic N) is 1. The first-order chi connectivity index (χ1) is 15.4. The van der Waals surface area contributed by atoms with Crippen molar-refractivity contribution in [2.24, 2.45) is 0 Å². The number of amides is 3. The van der Waals surface area contributed by atoms with Crippen LogP contribution in [0.15, 0.2) is 71.3 Å². The Labute approximate surface area is 190 Å². The van der Waals surface area contributed by atoms with Gasteiger partial charge in [0.25, 0.3) is 5.91 Å². The zero-order valence-corrected chi connectivity index (χ0v) is 18.1. The Balaban J connectivity index is 1.58. The van der Waals surface area contributed by atoms with Gasteiger partial charge in [0.2, 0.25) is 11.8 Å². The van der Waals surface area contributed by atoms with Crippen molar-refractivity contribution in [3.05, 3.63) is 83.3 Å². The van der Waals surface area contributed by atoms with Crippen LogP contribution in [0.25, 0.3) is 0 Å². The third-order valence-corrected chi connectivity index (χ3v) is 4.71. The number of anilines is 1. The second kappa shape index (κ2) is 11.0. The van der Waals surface area contributed by atoms with E-state index in [1.165, 1.54) is 11.2 Å². The van der Waals surface area contributed by atoms with E-state index in [9.17, 15) is 14.4 Å². The Morgan fingerprint density at radius 3 is 2.34 bits per heavy atom. The van der Waals surface area contributed by atoms with Crippen LogP contribution in [0.5, 0.6) is 5.75 Å². The fraction of sp³-hybridized carbons (Fsp3) is 0.174. The van der Waals surface area contributed by atoms with Crippen molar-refractivity contribution in [2.45, 2.75) is 6.54 Å². The Morgan fingerprint density at radius 2 is 1.72 bits per heavy atom. The molecule has 32 heavy (non-hydrogen) atoms. The fourth-order valence-corrected chi connectivity index (χ4v) is 2.98. The molecule has 0 atom stereocenters. The van der Waals surface area contributed by atoms with Crippen LogP contribution in [-0.4, -0.2) is 42.8 Å². The first-order valence-corrected chi connectivity index (χ1v) is 10.1. The number of carbonyl (C=O) groups excluding carboxylic acids is 3. The first kappa shape index (κ1) is 22.9. The van der Waals surface area contributed by atoms with E-state index in [1.54, 1.807) is 67.8 Å². The maximum absolute atomic E-state index is 12.9. The summed E-state index contributed by atoms with van der Waals surface area (Å²) in [6.45, 7) is -0.396. The predicted molar refractivity (Wildman–Crippen MR) is 120 cm³/mol. The molecule has 0 radical (unpaired) electrons. The van der Waals surface area contributed by atoms with Crippen LogP contribution in [-0.2, 0) is 16.1 Å². The number of furan rings is 1. The smallest absolute Gasteiger partial charge is 0.254 e. The third kappa shape index (κ3) is 6.61. The molecule has 3 amide bonds. The lowest BCUT2D eigenvalue weighted by Gasteiger charge is -2.21. The van der Waals surface area contributed by atoms with Crippen molar-refractivity contribution < 1.29 is 23.5 Å². The summed E-state index contributed by atoms with van der Waals surface area (Å²) in [5.41, 5.74) is 0.952. The second-order valence-corrected chi connectivity index (χ2v) is 7.24. The van der Waals surface area contributed by atoms with E-state index >= 15 is 0 Å². The molecule has 0 bridgehead atoms. The number of benzene rings is 2. The Morgan fingerprint density at radius 1 is 1.00 bits per heavy atom. The summed E-state index contributed by atoms with van der Waals surface area (Å²) in [5, 5.41) is 5.70. The van der Waals surface area contributed by atoms with E-state index in [-0.39, 0.29) is 25.5 Å². The van der Waals surface area contributed by atoms with Crippen molar-refractivity contribution in [1.29, 1.82) is 0 Å². The molecule has 0 fully saturated rings. The lowest BCUT2D eigenvalue weighted by molar-refractivity contribution is -0.124. The van der Waals surface area contributed by atoms with Crippen LogP contribution in [0.4, 0.5) is 5.69 Å². The van der Waals surface area contributed by atoms with Crippen LogP contribution in [0.2, 0.25) is 5.02 Å². The van der Waals surface area contributed by atoms with Gasteiger partial charge in [-0.2, -0.15) is 0 Å². The molecule has 0 aliphatic heterocycles. The molecule has 0 saturated carbocycles. The molecule has 0 aliphatic carbocycles. The van der Waals surface area contributed by atoms with Gasteiger partial charge in [-0.25, -0.2) is 0 Å². The van der Waals surface area contributed by atoms with Gasteiger partial charge in [-0.05, 0) is 60.7 Å². The van der Waals surface area contributed by atoms with Crippen LogP contribution < -0.4 is 15.4 Å². The molecular formula is C23H22ClN3O5. The van der Waals surface area contributed by atoms with Crippen LogP contribution in [0, 0.1) is 0 Å². The zero-order valence-electron chi connectivity index (χ0n) is 17.3. The summed E-state index contributed by atoms with van der Waals surface area (Å²) in [7, 11) is 1.55. The van der Waals surface area contributed by atoms with Crippen LogP contribution in [0.1, 0.15) is 16.1 Å². The van der Waals surface area contributed by atoms with E-state index in [4.69, 9.17) is 20.8 Å². The average Bonchev–Trinajstić information content (AvgIpc) is 3.31. The van der Waals surface area contributed by atoms with Gasteiger partial charge in [0.15, 0.2) is 0 Å². The lowest BCUT2D eigenvalue weighted by Crippen LogP contribution is -2.42. The highest BCUT2D eigenvalue weighted by molar-refractivity contribution is 6.30. The molecule has 1 aromatic heterocycles. The SMILES string of the molecule is COc1ccc(NC(=O)CNC(=O)CN(Cc2ccco2)C(=O)c2ccc(Cl)cc2)cc1. The van der Waals surface area contributed by atoms with Gasteiger partial charge in [0.05, 0.1) is 26.5 Å². The highest BCUT2D eigenvalue weighted by atomic mass is 35.5. The van der Waals surface area contributed by atoms with Crippen molar-refractivity contribution in [2.75, 3.05) is 25.5 Å². The van der Waals surface area contributed by atoms with Gasteiger partial charge in [-0.1, -0.05) is 11.6 Å². The standard InChI is InChI=1S/C23H22ClN3O5/c1-31-19-10-8-18(9-11-19)26-21(28)13-25-22(29)15-27(14-20-3-2-12-32-20)23(30)16-4-6-17(24)7-5-16/h2-12H,13-15H2,1H3,(H,25,29)(H,26,28). The first-order valence-electron chi connectivity index (χ1n) is 9.72. The summed E-state index contributed by atoms with van der Waals surface area (Å²) in [5.74, 6) is -0.0551. The maximum atomic E-state index is 12.9. The quantitative estimate of drug-likeness (QED) is 0.515. The number of rotatable bonds is 9. The number of halogens is 1. The van der Waals surface area contributed by atoms with E-state index in [0.29, 0.717) is 27.8 Å². The summed E-state index contributed by atoms with van der Waals surface area (Å²) in [4.78, 5) is 38.8. The second-order valence-electron chi connectivity index (χ2n) is 6.80.